The van der Waals surface area contributed by atoms with Gasteiger partial charge in [0.05, 0.1) is 0 Å². The summed E-state index contributed by atoms with van der Waals surface area (Å²) in [6.07, 6.45) is 6.48. The van der Waals surface area contributed by atoms with E-state index in [4.69, 9.17) is 5.73 Å². The largest absolute Gasteiger partial charge is 0.329 e. The fourth-order valence-corrected chi connectivity index (χ4v) is 3.41. The van der Waals surface area contributed by atoms with Crippen LogP contribution in [0.15, 0.2) is 28.7 Å². The second-order valence-electron chi connectivity index (χ2n) is 5.44. The van der Waals surface area contributed by atoms with Crippen molar-refractivity contribution < 1.29 is 0 Å². The van der Waals surface area contributed by atoms with Gasteiger partial charge in [-0.05, 0) is 31.5 Å². The van der Waals surface area contributed by atoms with E-state index in [9.17, 15) is 0 Å². The van der Waals surface area contributed by atoms with Crippen molar-refractivity contribution in [2.75, 3.05) is 13.6 Å². The van der Waals surface area contributed by atoms with Gasteiger partial charge in [0.15, 0.2) is 0 Å². The zero-order valence-electron chi connectivity index (χ0n) is 11.2. The molecule has 2 rings (SSSR count). The highest BCUT2D eigenvalue weighted by atomic mass is 79.9. The molecule has 0 radical (unpaired) electrons. The maximum Gasteiger partial charge on any atom is 0.0332 e. The molecule has 0 aromatic heterocycles. The van der Waals surface area contributed by atoms with Crippen molar-refractivity contribution in [2.45, 2.75) is 44.2 Å². The van der Waals surface area contributed by atoms with Crippen molar-refractivity contribution in [1.29, 1.82) is 0 Å². The number of likely N-dealkylation sites (N-methyl/N-ethyl adjacent to an activating group) is 1. The van der Waals surface area contributed by atoms with Crippen LogP contribution in [-0.2, 0) is 6.54 Å². The molecule has 0 atom stereocenters. The number of nitrogens with zero attached hydrogens (tertiary/aromatic N) is 1. The predicted molar refractivity (Wildman–Crippen MR) is 80.5 cm³/mol. The molecule has 1 aliphatic rings. The van der Waals surface area contributed by atoms with Gasteiger partial charge in [-0.2, -0.15) is 0 Å². The minimum Gasteiger partial charge on any atom is -0.329 e. The third-order valence-corrected chi connectivity index (χ3v) is 5.11. The number of nitrogens with two attached hydrogens (primary N) is 1. The average Bonchev–Trinajstić information content (AvgIpc) is 2.42. The molecule has 0 spiro atoms. The van der Waals surface area contributed by atoms with E-state index < -0.39 is 0 Å². The lowest BCUT2D eigenvalue weighted by atomic mass is 9.80. The van der Waals surface area contributed by atoms with Gasteiger partial charge < -0.3 is 5.73 Å². The minimum atomic E-state index is 0.216. The third kappa shape index (κ3) is 2.95. The van der Waals surface area contributed by atoms with Crippen LogP contribution in [0.25, 0.3) is 0 Å². The van der Waals surface area contributed by atoms with Crippen LogP contribution in [-0.4, -0.2) is 24.0 Å². The Hall–Kier alpha value is -0.380. The molecule has 1 fully saturated rings. The highest BCUT2D eigenvalue weighted by Gasteiger charge is 2.34. The van der Waals surface area contributed by atoms with E-state index in [1.165, 1.54) is 42.1 Å². The molecular formula is C15H23BrN2. The fourth-order valence-electron chi connectivity index (χ4n) is 3.00. The Balaban J connectivity index is 2.10. The van der Waals surface area contributed by atoms with Crippen molar-refractivity contribution in [3.8, 4) is 0 Å². The van der Waals surface area contributed by atoms with Crippen LogP contribution in [0.1, 0.15) is 37.7 Å². The highest BCUT2D eigenvalue weighted by Crippen LogP contribution is 2.33. The normalized spacial score (nSPS) is 19.1. The quantitative estimate of drug-likeness (QED) is 0.921. The molecule has 1 aromatic rings. The Labute approximate surface area is 119 Å². The second kappa shape index (κ2) is 6.18. The molecule has 2 N–H and O–H groups in total. The van der Waals surface area contributed by atoms with Gasteiger partial charge in [-0.15, -0.1) is 0 Å². The molecule has 1 aliphatic carbocycles. The first-order valence-electron chi connectivity index (χ1n) is 6.83. The minimum absolute atomic E-state index is 0.216. The number of benzene rings is 1. The molecule has 0 amide bonds. The van der Waals surface area contributed by atoms with E-state index in [1.807, 2.05) is 0 Å². The van der Waals surface area contributed by atoms with Gasteiger partial charge in [0, 0.05) is 23.1 Å². The number of hydrogen-bond acceptors (Lipinski definition) is 2. The number of halogens is 1. The monoisotopic (exact) mass is 310 g/mol. The summed E-state index contributed by atoms with van der Waals surface area (Å²) in [5.41, 5.74) is 7.64. The standard InChI is InChI=1S/C15H23BrN2/c1-18(11-13-7-3-4-8-14(13)16)15(12-17)9-5-2-6-10-15/h3-4,7-8H,2,5-6,9-12,17H2,1H3. The molecule has 0 unspecified atom stereocenters. The van der Waals surface area contributed by atoms with Gasteiger partial charge in [0.2, 0.25) is 0 Å². The van der Waals surface area contributed by atoms with E-state index in [0.717, 1.165) is 13.1 Å². The lowest BCUT2D eigenvalue weighted by molar-refractivity contribution is 0.0757. The summed E-state index contributed by atoms with van der Waals surface area (Å²) >= 11 is 3.63. The third-order valence-electron chi connectivity index (χ3n) is 4.34. The Morgan fingerprint density at radius 2 is 1.89 bits per heavy atom. The van der Waals surface area contributed by atoms with Crippen molar-refractivity contribution in [2.24, 2.45) is 5.73 Å². The van der Waals surface area contributed by atoms with Gasteiger partial charge in [-0.1, -0.05) is 53.4 Å². The molecule has 1 aromatic carbocycles. The SMILES string of the molecule is CN(Cc1ccccc1Br)C1(CN)CCCCC1. The van der Waals surface area contributed by atoms with Crippen LogP contribution >= 0.6 is 15.9 Å². The Bertz CT molecular complexity index is 386. The molecule has 1 saturated carbocycles. The lowest BCUT2D eigenvalue weighted by Gasteiger charge is -2.44. The number of hydrogen-bond donors (Lipinski definition) is 1. The van der Waals surface area contributed by atoms with Crippen LogP contribution in [0, 0.1) is 0 Å². The fraction of sp³-hybridized carbons (Fsp3) is 0.600. The van der Waals surface area contributed by atoms with Crippen molar-refractivity contribution in [3.63, 3.8) is 0 Å². The Morgan fingerprint density at radius 3 is 2.50 bits per heavy atom. The first kappa shape index (κ1) is 14.0. The smallest absolute Gasteiger partial charge is 0.0332 e. The van der Waals surface area contributed by atoms with E-state index in [2.05, 4.69) is 52.1 Å². The topological polar surface area (TPSA) is 29.3 Å². The zero-order valence-corrected chi connectivity index (χ0v) is 12.7. The molecular weight excluding hydrogens is 288 g/mol. The molecule has 0 aliphatic heterocycles. The Morgan fingerprint density at radius 1 is 1.22 bits per heavy atom. The first-order valence-corrected chi connectivity index (χ1v) is 7.62. The Kier molecular flexibility index (Phi) is 4.82. The van der Waals surface area contributed by atoms with E-state index in [0.29, 0.717) is 0 Å². The van der Waals surface area contributed by atoms with Crippen LogP contribution in [0.2, 0.25) is 0 Å². The predicted octanol–water partition coefficient (Wildman–Crippen LogP) is 3.54. The van der Waals surface area contributed by atoms with Crippen LogP contribution in [0.3, 0.4) is 0 Å². The molecule has 3 heteroatoms. The van der Waals surface area contributed by atoms with E-state index >= 15 is 0 Å². The number of rotatable bonds is 4. The molecule has 100 valence electrons. The molecule has 0 bridgehead atoms. The maximum absolute atomic E-state index is 6.08. The summed E-state index contributed by atoms with van der Waals surface area (Å²) in [6.45, 7) is 1.74. The van der Waals surface area contributed by atoms with Gasteiger partial charge in [-0.3, -0.25) is 4.90 Å². The molecule has 2 nitrogen and oxygen atoms in total. The summed E-state index contributed by atoms with van der Waals surface area (Å²) < 4.78 is 1.19. The summed E-state index contributed by atoms with van der Waals surface area (Å²) in [5.74, 6) is 0. The highest BCUT2D eigenvalue weighted by molar-refractivity contribution is 9.10. The summed E-state index contributed by atoms with van der Waals surface area (Å²) in [5, 5.41) is 0. The molecule has 0 heterocycles. The molecule has 0 saturated heterocycles. The van der Waals surface area contributed by atoms with E-state index in [-0.39, 0.29) is 5.54 Å². The summed E-state index contributed by atoms with van der Waals surface area (Å²) in [7, 11) is 2.22. The summed E-state index contributed by atoms with van der Waals surface area (Å²) in [4.78, 5) is 2.46. The lowest BCUT2D eigenvalue weighted by Crippen LogP contribution is -2.52. The van der Waals surface area contributed by atoms with Crippen LogP contribution < -0.4 is 5.73 Å². The van der Waals surface area contributed by atoms with Crippen LogP contribution in [0.5, 0.6) is 0 Å². The van der Waals surface area contributed by atoms with Crippen molar-refractivity contribution >= 4 is 15.9 Å². The van der Waals surface area contributed by atoms with Gasteiger partial charge in [-0.25, -0.2) is 0 Å². The van der Waals surface area contributed by atoms with Gasteiger partial charge >= 0.3 is 0 Å². The van der Waals surface area contributed by atoms with Crippen molar-refractivity contribution in [3.05, 3.63) is 34.3 Å². The van der Waals surface area contributed by atoms with Crippen LogP contribution in [0.4, 0.5) is 0 Å². The van der Waals surface area contributed by atoms with Gasteiger partial charge in [0.1, 0.15) is 0 Å². The van der Waals surface area contributed by atoms with E-state index in [1.54, 1.807) is 0 Å². The second-order valence-corrected chi connectivity index (χ2v) is 6.29. The average molecular weight is 311 g/mol. The molecule has 18 heavy (non-hydrogen) atoms. The van der Waals surface area contributed by atoms with Gasteiger partial charge in [0.25, 0.3) is 0 Å². The summed E-state index contributed by atoms with van der Waals surface area (Å²) in [6, 6.07) is 8.46. The van der Waals surface area contributed by atoms with Crippen molar-refractivity contribution in [1.82, 2.24) is 4.90 Å². The first-order chi connectivity index (χ1) is 8.68. The maximum atomic E-state index is 6.08. The zero-order chi connectivity index (χ0) is 13.0.